The normalized spacial score (nSPS) is 19.3. The average molecular weight is 290 g/mol. The quantitative estimate of drug-likeness (QED) is 0.895. The molecule has 0 atom stereocenters. The molecule has 1 aliphatic heterocycles. The van der Waals surface area contributed by atoms with Crippen LogP contribution in [0.15, 0.2) is 18.2 Å². The van der Waals surface area contributed by atoms with Gasteiger partial charge in [-0.25, -0.2) is 0 Å². The molecule has 1 fully saturated rings. The van der Waals surface area contributed by atoms with Crippen LogP contribution in [0.25, 0.3) is 0 Å². The lowest BCUT2D eigenvalue weighted by molar-refractivity contribution is -0.117. The summed E-state index contributed by atoms with van der Waals surface area (Å²) in [6.07, 6.45) is 6.30. The number of hydrogen-bond donors (Lipinski definition) is 2. The largest absolute Gasteiger partial charge is 0.454 e. The van der Waals surface area contributed by atoms with E-state index in [1.54, 1.807) is 0 Å². The van der Waals surface area contributed by atoms with E-state index in [4.69, 9.17) is 9.47 Å². The van der Waals surface area contributed by atoms with Crippen LogP contribution in [0.1, 0.15) is 38.5 Å². The van der Waals surface area contributed by atoms with Crippen LogP contribution in [0.2, 0.25) is 0 Å². The van der Waals surface area contributed by atoms with Gasteiger partial charge in [-0.05, 0) is 32.0 Å². The molecular formula is C16H22N2O3. The molecule has 1 aliphatic carbocycles. The molecular weight excluding hydrogens is 268 g/mol. The molecule has 3 rings (SSSR count). The van der Waals surface area contributed by atoms with Crippen LogP contribution in [0, 0.1) is 0 Å². The molecule has 5 heteroatoms. The number of hydrogen-bond acceptors (Lipinski definition) is 4. The van der Waals surface area contributed by atoms with E-state index in [1.165, 1.54) is 19.3 Å². The summed E-state index contributed by atoms with van der Waals surface area (Å²) >= 11 is 0. The zero-order valence-electron chi connectivity index (χ0n) is 12.4. The van der Waals surface area contributed by atoms with Gasteiger partial charge in [0.1, 0.15) is 0 Å². The number of carbonyl (C=O) groups is 1. The van der Waals surface area contributed by atoms with Crippen molar-refractivity contribution < 1.29 is 14.3 Å². The van der Waals surface area contributed by atoms with Crippen molar-refractivity contribution in [2.75, 3.05) is 19.2 Å². The molecule has 5 nitrogen and oxygen atoms in total. The van der Waals surface area contributed by atoms with E-state index in [2.05, 4.69) is 10.6 Å². The fourth-order valence-electron chi connectivity index (χ4n) is 3.23. The van der Waals surface area contributed by atoms with Crippen LogP contribution in [-0.4, -0.2) is 25.3 Å². The summed E-state index contributed by atoms with van der Waals surface area (Å²) in [6.45, 7) is 0.246. The lowest BCUT2D eigenvalue weighted by Crippen LogP contribution is -2.47. The molecule has 2 aliphatic rings. The summed E-state index contributed by atoms with van der Waals surface area (Å²) in [4.78, 5) is 12.3. The molecule has 114 valence electrons. The van der Waals surface area contributed by atoms with E-state index >= 15 is 0 Å². The van der Waals surface area contributed by atoms with Crippen molar-refractivity contribution in [2.45, 2.75) is 44.1 Å². The van der Waals surface area contributed by atoms with Gasteiger partial charge in [-0.3, -0.25) is 4.79 Å². The summed E-state index contributed by atoms with van der Waals surface area (Å²) in [5.41, 5.74) is 0.713. The van der Waals surface area contributed by atoms with Gasteiger partial charge >= 0.3 is 0 Å². The van der Waals surface area contributed by atoms with E-state index in [0.717, 1.165) is 24.3 Å². The second kappa shape index (κ2) is 5.93. The predicted molar refractivity (Wildman–Crippen MR) is 80.7 cm³/mol. The van der Waals surface area contributed by atoms with E-state index in [0.29, 0.717) is 12.2 Å². The van der Waals surface area contributed by atoms with Gasteiger partial charge in [0.15, 0.2) is 11.5 Å². The standard InChI is InChI=1S/C16H22N2O3/c1-17-16(7-3-2-4-8-16)10-15(19)18-12-5-6-13-14(9-12)21-11-20-13/h5-6,9,17H,2-4,7-8,10-11H2,1H3,(H,18,19). The second-order valence-corrected chi connectivity index (χ2v) is 5.88. The number of nitrogens with one attached hydrogen (secondary N) is 2. The van der Waals surface area contributed by atoms with Crippen LogP contribution >= 0.6 is 0 Å². The fraction of sp³-hybridized carbons (Fsp3) is 0.562. The molecule has 0 spiro atoms. The number of anilines is 1. The zero-order chi connectivity index (χ0) is 14.7. The number of fused-ring (bicyclic) bond motifs is 1. The van der Waals surface area contributed by atoms with Crippen molar-refractivity contribution in [1.82, 2.24) is 5.32 Å². The molecule has 21 heavy (non-hydrogen) atoms. The highest BCUT2D eigenvalue weighted by Crippen LogP contribution is 2.35. The Labute approximate surface area is 125 Å². The first-order valence-corrected chi connectivity index (χ1v) is 7.59. The van der Waals surface area contributed by atoms with Gasteiger partial charge < -0.3 is 20.1 Å². The number of benzene rings is 1. The van der Waals surface area contributed by atoms with Crippen molar-refractivity contribution >= 4 is 11.6 Å². The second-order valence-electron chi connectivity index (χ2n) is 5.88. The third kappa shape index (κ3) is 3.13. The Hall–Kier alpha value is -1.75. The van der Waals surface area contributed by atoms with Gasteiger partial charge in [0.05, 0.1) is 0 Å². The minimum atomic E-state index is -0.0430. The smallest absolute Gasteiger partial charge is 0.231 e. The highest BCUT2D eigenvalue weighted by Gasteiger charge is 2.32. The number of carbonyl (C=O) groups excluding carboxylic acids is 1. The number of ether oxygens (including phenoxy) is 2. The summed E-state index contributed by atoms with van der Waals surface area (Å²) < 4.78 is 10.6. The van der Waals surface area contributed by atoms with Crippen molar-refractivity contribution in [3.63, 3.8) is 0 Å². The molecule has 1 heterocycles. The molecule has 1 aromatic carbocycles. The molecule has 1 aromatic rings. The zero-order valence-corrected chi connectivity index (χ0v) is 12.4. The Morgan fingerprint density at radius 3 is 2.71 bits per heavy atom. The van der Waals surface area contributed by atoms with Crippen molar-refractivity contribution in [3.05, 3.63) is 18.2 Å². The average Bonchev–Trinajstić information content (AvgIpc) is 2.95. The molecule has 1 amide bonds. The highest BCUT2D eigenvalue weighted by molar-refractivity contribution is 5.91. The van der Waals surface area contributed by atoms with E-state index in [9.17, 15) is 4.79 Å². The Morgan fingerprint density at radius 2 is 1.95 bits per heavy atom. The third-order valence-corrected chi connectivity index (χ3v) is 4.50. The molecule has 0 radical (unpaired) electrons. The van der Waals surface area contributed by atoms with Gasteiger partial charge in [-0.2, -0.15) is 0 Å². The molecule has 0 saturated heterocycles. The minimum Gasteiger partial charge on any atom is -0.454 e. The molecule has 0 aromatic heterocycles. The van der Waals surface area contributed by atoms with Gasteiger partial charge in [0.25, 0.3) is 0 Å². The first-order chi connectivity index (χ1) is 10.2. The van der Waals surface area contributed by atoms with Crippen molar-refractivity contribution in [3.8, 4) is 11.5 Å². The monoisotopic (exact) mass is 290 g/mol. The first kappa shape index (κ1) is 14.2. The minimum absolute atomic E-state index is 0.0430. The SMILES string of the molecule is CNC1(CC(=O)Nc2ccc3c(c2)OCO3)CCCCC1. The Kier molecular flexibility index (Phi) is 4.01. The fourth-order valence-corrected chi connectivity index (χ4v) is 3.23. The van der Waals surface area contributed by atoms with Gasteiger partial charge in [-0.1, -0.05) is 19.3 Å². The summed E-state index contributed by atoms with van der Waals surface area (Å²) in [5, 5.41) is 6.33. The van der Waals surface area contributed by atoms with Gasteiger partial charge in [0, 0.05) is 23.7 Å². The maximum atomic E-state index is 12.3. The van der Waals surface area contributed by atoms with E-state index in [-0.39, 0.29) is 18.2 Å². The predicted octanol–water partition coefficient (Wildman–Crippen LogP) is 2.67. The van der Waals surface area contributed by atoms with Crippen LogP contribution in [-0.2, 0) is 4.79 Å². The van der Waals surface area contributed by atoms with Gasteiger partial charge in [0.2, 0.25) is 12.7 Å². The molecule has 0 bridgehead atoms. The van der Waals surface area contributed by atoms with Crippen LogP contribution in [0.3, 0.4) is 0 Å². The van der Waals surface area contributed by atoms with Crippen LogP contribution in [0.5, 0.6) is 11.5 Å². The van der Waals surface area contributed by atoms with E-state index < -0.39 is 0 Å². The Balaban J connectivity index is 1.63. The maximum Gasteiger partial charge on any atom is 0.231 e. The highest BCUT2D eigenvalue weighted by atomic mass is 16.7. The summed E-state index contributed by atoms with van der Waals surface area (Å²) in [6, 6.07) is 5.48. The first-order valence-electron chi connectivity index (χ1n) is 7.59. The molecule has 1 saturated carbocycles. The Bertz CT molecular complexity index is 524. The summed E-state index contributed by atoms with van der Waals surface area (Å²) in [7, 11) is 1.96. The topological polar surface area (TPSA) is 59.6 Å². The lowest BCUT2D eigenvalue weighted by atomic mass is 9.79. The van der Waals surface area contributed by atoms with Crippen molar-refractivity contribution in [1.29, 1.82) is 0 Å². The Morgan fingerprint density at radius 1 is 1.19 bits per heavy atom. The van der Waals surface area contributed by atoms with Gasteiger partial charge in [-0.15, -0.1) is 0 Å². The van der Waals surface area contributed by atoms with Crippen LogP contribution < -0.4 is 20.1 Å². The molecule has 0 unspecified atom stereocenters. The maximum absolute atomic E-state index is 12.3. The number of amides is 1. The third-order valence-electron chi connectivity index (χ3n) is 4.50. The summed E-state index contributed by atoms with van der Waals surface area (Å²) in [5.74, 6) is 1.46. The molecule has 2 N–H and O–H groups in total. The van der Waals surface area contributed by atoms with E-state index in [1.807, 2.05) is 25.2 Å². The van der Waals surface area contributed by atoms with Crippen LogP contribution in [0.4, 0.5) is 5.69 Å². The van der Waals surface area contributed by atoms with Crippen molar-refractivity contribution in [2.24, 2.45) is 0 Å². The number of rotatable bonds is 4. The lowest BCUT2D eigenvalue weighted by Gasteiger charge is -2.36.